The molecule has 2 aromatic heterocycles. The second-order valence-corrected chi connectivity index (χ2v) is 6.93. The van der Waals surface area contributed by atoms with E-state index in [0.29, 0.717) is 16.9 Å². The van der Waals surface area contributed by atoms with Gasteiger partial charge in [-0.15, -0.1) is 15.3 Å². The molecule has 2 aromatic carbocycles. The van der Waals surface area contributed by atoms with Gasteiger partial charge >= 0.3 is 6.01 Å². The first-order valence-electron chi connectivity index (χ1n) is 8.57. The molecule has 4 rings (SSSR count). The zero-order valence-corrected chi connectivity index (χ0v) is 16.1. The minimum atomic E-state index is -0.321. The summed E-state index contributed by atoms with van der Waals surface area (Å²) >= 11 is 1.21. The number of thioether (sulfide) groups is 1. The van der Waals surface area contributed by atoms with E-state index in [1.54, 1.807) is 23.7 Å². The molecule has 0 atom stereocenters. The number of aromatic nitrogens is 5. The summed E-state index contributed by atoms with van der Waals surface area (Å²) in [6, 6.07) is 15.3. The molecule has 0 bridgehead atoms. The van der Waals surface area contributed by atoms with E-state index in [-0.39, 0.29) is 23.5 Å². The van der Waals surface area contributed by atoms with Crippen molar-refractivity contribution in [2.24, 2.45) is 7.05 Å². The van der Waals surface area contributed by atoms with Crippen molar-refractivity contribution in [2.45, 2.75) is 5.16 Å². The third-order valence-corrected chi connectivity index (χ3v) is 4.98. The number of carbonyl (C=O) groups excluding carboxylic acids is 1. The molecule has 1 N–H and O–H groups in total. The molecule has 0 fully saturated rings. The lowest BCUT2D eigenvalue weighted by atomic mass is 10.2. The van der Waals surface area contributed by atoms with Crippen molar-refractivity contribution in [3.8, 4) is 22.8 Å². The summed E-state index contributed by atoms with van der Waals surface area (Å²) < 4.78 is 20.3. The monoisotopic (exact) mass is 410 g/mol. The summed E-state index contributed by atoms with van der Waals surface area (Å²) in [4.78, 5) is 12.2. The van der Waals surface area contributed by atoms with E-state index >= 15 is 0 Å². The van der Waals surface area contributed by atoms with Gasteiger partial charge in [0.15, 0.2) is 11.0 Å². The van der Waals surface area contributed by atoms with Crippen LogP contribution in [-0.2, 0) is 11.8 Å². The van der Waals surface area contributed by atoms with Gasteiger partial charge in [0.1, 0.15) is 5.82 Å². The number of nitrogens with one attached hydrogen (secondary N) is 1. The van der Waals surface area contributed by atoms with Crippen LogP contribution in [-0.4, -0.2) is 36.6 Å². The quantitative estimate of drug-likeness (QED) is 0.486. The minimum Gasteiger partial charge on any atom is -0.403 e. The van der Waals surface area contributed by atoms with Gasteiger partial charge in [0.2, 0.25) is 11.8 Å². The first-order valence-corrected chi connectivity index (χ1v) is 9.55. The van der Waals surface area contributed by atoms with Crippen molar-refractivity contribution in [2.75, 3.05) is 11.1 Å². The molecule has 0 aliphatic rings. The average molecular weight is 410 g/mol. The van der Waals surface area contributed by atoms with Gasteiger partial charge in [-0.2, -0.15) is 0 Å². The average Bonchev–Trinajstić information content (AvgIpc) is 3.35. The SMILES string of the molecule is Cn1c(SCC(=O)Nc2nnc(-c3ccccc3)o2)nnc1-c1ccc(F)cc1. The highest BCUT2D eigenvalue weighted by atomic mass is 32.2. The fourth-order valence-corrected chi connectivity index (χ4v) is 3.26. The normalized spacial score (nSPS) is 10.8. The summed E-state index contributed by atoms with van der Waals surface area (Å²) in [6.45, 7) is 0. The first-order chi connectivity index (χ1) is 14.1. The van der Waals surface area contributed by atoms with Crippen molar-refractivity contribution in [3.05, 3.63) is 60.4 Å². The maximum absolute atomic E-state index is 13.1. The molecule has 4 aromatic rings. The van der Waals surface area contributed by atoms with Crippen LogP contribution in [0.1, 0.15) is 0 Å². The van der Waals surface area contributed by atoms with Crippen LogP contribution in [0.4, 0.5) is 10.4 Å². The summed E-state index contributed by atoms with van der Waals surface area (Å²) in [6.07, 6.45) is 0. The van der Waals surface area contributed by atoms with Crippen molar-refractivity contribution in [3.63, 3.8) is 0 Å². The van der Waals surface area contributed by atoms with Gasteiger partial charge in [-0.1, -0.05) is 35.1 Å². The van der Waals surface area contributed by atoms with Gasteiger partial charge in [-0.05, 0) is 36.4 Å². The molecule has 8 nitrogen and oxygen atoms in total. The van der Waals surface area contributed by atoms with E-state index < -0.39 is 0 Å². The van der Waals surface area contributed by atoms with Gasteiger partial charge in [0.25, 0.3) is 0 Å². The number of rotatable bonds is 6. The number of halogens is 1. The van der Waals surface area contributed by atoms with Crippen molar-refractivity contribution in [1.29, 1.82) is 0 Å². The predicted molar refractivity (Wildman–Crippen MR) is 105 cm³/mol. The van der Waals surface area contributed by atoms with Gasteiger partial charge in [-0.25, -0.2) is 4.39 Å². The molecule has 0 aliphatic carbocycles. The van der Waals surface area contributed by atoms with Crippen LogP contribution in [0, 0.1) is 5.82 Å². The topological polar surface area (TPSA) is 98.7 Å². The molecule has 0 spiro atoms. The second-order valence-electron chi connectivity index (χ2n) is 5.99. The van der Waals surface area contributed by atoms with Crippen LogP contribution >= 0.6 is 11.8 Å². The Morgan fingerprint density at radius 1 is 1.03 bits per heavy atom. The van der Waals surface area contributed by atoms with Gasteiger partial charge < -0.3 is 8.98 Å². The number of hydrogen-bond donors (Lipinski definition) is 1. The largest absolute Gasteiger partial charge is 0.403 e. The zero-order chi connectivity index (χ0) is 20.2. The van der Waals surface area contributed by atoms with E-state index in [9.17, 15) is 9.18 Å². The summed E-state index contributed by atoms with van der Waals surface area (Å²) in [5.41, 5.74) is 1.50. The molecule has 10 heteroatoms. The van der Waals surface area contributed by atoms with Crippen LogP contribution in [0.25, 0.3) is 22.8 Å². The summed E-state index contributed by atoms with van der Waals surface area (Å²) in [7, 11) is 1.78. The highest BCUT2D eigenvalue weighted by Crippen LogP contribution is 2.23. The van der Waals surface area contributed by atoms with Gasteiger partial charge in [-0.3, -0.25) is 10.1 Å². The molecule has 0 saturated carbocycles. The first kappa shape index (κ1) is 18.8. The maximum atomic E-state index is 13.1. The van der Waals surface area contributed by atoms with Crippen LogP contribution in [0.5, 0.6) is 0 Å². The number of amides is 1. The third kappa shape index (κ3) is 4.32. The Hall–Kier alpha value is -3.53. The fraction of sp³-hybridized carbons (Fsp3) is 0.105. The Morgan fingerprint density at radius 2 is 1.79 bits per heavy atom. The van der Waals surface area contributed by atoms with Crippen LogP contribution in [0.3, 0.4) is 0 Å². The highest BCUT2D eigenvalue weighted by molar-refractivity contribution is 7.99. The highest BCUT2D eigenvalue weighted by Gasteiger charge is 2.15. The molecular weight excluding hydrogens is 395 g/mol. The minimum absolute atomic E-state index is 0.0272. The van der Waals surface area contributed by atoms with E-state index in [4.69, 9.17) is 4.42 Å². The fourth-order valence-electron chi connectivity index (χ4n) is 2.55. The number of nitrogens with zero attached hydrogens (tertiary/aromatic N) is 5. The van der Waals surface area contributed by atoms with Crippen molar-refractivity contribution < 1.29 is 13.6 Å². The molecule has 0 unspecified atom stereocenters. The van der Waals surface area contributed by atoms with Crippen molar-refractivity contribution >= 4 is 23.7 Å². The lowest BCUT2D eigenvalue weighted by molar-refractivity contribution is -0.113. The maximum Gasteiger partial charge on any atom is 0.322 e. The molecule has 0 aliphatic heterocycles. The molecule has 0 radical (unpaired) electrons. The van der Waals surface area contributed by atoms with Gasteiger partial charge in [0.05, 0.1) is 5.75 Å². The standard InChI is InChI=1S/C19H15FN6O2S/c1-26-16(12-7-9-14(20)10-8-12)22-25-19(26)29-11-15(27)21-18-24-23-17(28-18)13-5-3-2-4-6-13/h2-10H,11H2,1H3,(H,21,24,27). The van der Waals surface area contributed by atoms with Crippen molar-refractivity contribution in [1.82, 2.24) is 25.0 Å². The molecule has 1 amide bonds. The smallest absolute Gasteiger partial charge is 0.322 e. The van der Waals surface area contributed by atoms with Crippen LogP contribution in [0.2, 0.25) is 0 Å². The van der Waals surface area contributed by atoms with Gasteiger partial charge in [0, 0.05) is 18.2 Å². The van der Waals surface area contributed by atoms with E-state index in [1.165, 1.54) is 23.9 Å². The molecular formula is C19H15FN6O2S. The van der Waals surface area contributed by atoms with Crippen LogP contribution in [0.15, 0.2) is 64.2 Å². The number of carbonyl (C=O) groups is 1. The van der Waals surface area contributed by atoms with Crippen LogP contribution < -0.4 is 5.32 Å². The van der Waals surface area contributed by atoms with E-state index in [2.05, 4.69) is 25.7 Å². The lowest BCUT2D eigenvalue weighted by Crippen LogP contribution is -2.14. The van der Waals surface area contributed by atoms with E-state index in [1.807, 2.05) is 30.3 Å². The summed E-state index contributed by atoms with van der Waals surface area (Å²) in [5.74, 6) is 0.352. The number of anilines is 1. The predicted octanol–water partition coefficient (Wildman–Crippen LogP) is 3.40. The Bertz CT molecular complexity index is 1130. The molecule has 2 heterocycles. The Labute approximate surface area is 169 Å². The number of hydrogen-bond acceptors (Lipinski definition) is 7. The molecule has 146 valence electrons. The Kier molecular flexibility index (Phi) is 5.34. The zero-order valence-electron chi connectivity index (χ0n) is 15.2. The number of benzene rings is 2. The lowest BCUT2D eigenvalue weighted by Gasteiger charge is -2.04. The van der Waals surface area contributed by atoms with E-state index in [0.717, 1.165) is 11.1 Å². The molecule has 29 heavy (non-hydrogen) atoms. The molecule has 0 saturated heterocycles. The third-order valence-electron chi connectivity index (χ3n) is 3.96. The Morgan fingerprint density at radius 3 is 2.55 bits per heavy atom. The Balaban J connectivity index is 1.37. The second kappa shape index (κ2) is 8.23. The summed E-state index contributed by atoms with van der Waals surface area (Å²) in [5, 5.41) is 19.1.